The summed E-state index contributed by atoms with van der Waals surface area (Å²) >= 11 is 0. The number of furan rings is 1. The van der Waals surface area contributed by atoms with Crippen LogP contribution in [0.5, 0.6) is 0 Å². The van der Waals surface area contributed by atoms with E-state index < -0.39 is 0 Å². The van der Waals surface area contributed by atoms with Crippen LogP contribution in [-0.4, -0.2) is 24.0 Å². The number of nitrogens with zero attached hydrogens (tertiary/aromatic N) is 1. The Labute approximate surface area is 116 Å². The molecular formula is C16H26N2O. The van der Waals surface area contributed by atoms with E-state index in [1.165, 1.54) is 44.2 Å². The maximum atomic E-state index is 5.64. The SMILES string of the molecule is CCCNCc1occc1CN(CC1CC1)C1CC1. The lowest BCUT2D eigenvalue weighted by Crippen LogP contribution is -2.28. The largest absolute Gasteiger partial charge is 0.468 e. The van der Waals surface area contributed by atoms with Crippen molar-refractivity contribution in [3.8, 4) is 0 Å². The summed E-state index contributed by atoms with van der Waals surface area (Å²) in [6.07, 6.45) is 8.70. The van der Waals surface area contributed by atoms with Gasteiger partial charge in [-0.25, -0.2) is 0 Å². The van der Waals surface area contributed by atoms with E-state index in [2.05, 4.69) is 23.2 Å². The van der Waals surface area contributed by atoms with Crippen molar-refractivity contribution in [1.82, 2.24) is 10.2 Å². The van der Waals surface area contributed by atoms with Crippen LogP contribution in [0.1, 0.15) is 50.4 Å². The molecule has 19 heavy (non-hydrogen) atoms. The molecule has 3 nitrogen and oxygen atoms in total. The average molecular weight is 262 g/mol. The summed E-state index contributed by atoms with van der Waals surface area (Å²) < 4.78 is 5.64. The lowest BCUT2D eigenvalue weighted by molar-refractivity contribution is 0.242. The van der Waals surface area contributed by atoms with E-state index in [0.29, 0.717) is 0 Å². The van der Waals surface area contributed by atoms with Gasteiger partial charge >= 0.3 is 0 Å². The highest BCUT2D eigenvalue weighted by molar-refractivity contribution is 5.17. The van der Waals surface area contributed by atoms with Crippen molar-refractivity contribution in [3.05, 3.63) is 23.7 Å². The van der Waals surface area contributed by atoms with Gasteiger partial charge in [0, 0.05) is 24.7 Å². The van der Waals surface area contributed by atoms with Gasteiger partial charge in [-0.3, -0.25) is 4.90 Å². The third-order valence-corrected chi connectivity index (χ3v) is 4.18. The minimum atomic E-state index is 0.854. The zero-order chi connectivity index (χ0) is 13.1. The van der Waals surface area contributed by atoms with Crippen LogP contribution in [0, 0.1) is 5.92 Å². The second kappa shape index (κ2) is 6.10. The fourth-order valence-corrected chi connectivity index (χ4v) is 2.67. The monoisotopic (exact) mass is 262 g/mol. The molecule has 0 radical (unpaired) electrons. The normalized spacial score (nSPS) is 19.3. The maximum Gasteiger partial charge on any atom is 0.122 e. The van der Waals surface area contributed by atoms with Crippen LogP contribution in [-0.2, 0) is 13.1 Å². The van der Waals surface area contributed by atoms with Crippen molar-refractivity contribution >= 4 is 0 Å². The zero-order valence-corrected chi connectivity index (χ0v) is 12.0. The van der Waals surface area contributed by atoms with Crippen molar-refractivity contribution in [2.75, 3.05) is 13.1 Å². The molecule has 1 heterocycles. The van der Waals surface area contributed by atoms with Crippen LogP contribution in [0.2, 0.25) is 0 Å². The first kappa shape index (κ1) is 13.2. The molecule has 1 aromatic rings. The van der Waals surface area contributed by atoms with Crippen molar-refractivity contribution in [2.45, 2.75) is 58.2 Å². The Bertz CT molecular complexity index is 393. The summed E-state index contributed by atoms with van der Waals surface area (Å²) in [6.45, 7) is 6.52. The maximum absolute atomic E-state index is 5.64. The number of nitrogens with one attached hydrogen (secondary N) is 1. The number of hydrogen-bond acceptors (Lipinski definition) is 3. The third-order valence-electron chi connectivity index (χ3n) is 4.18. The van der Waals surface area contributed by atoms with E-state index >= 15 is 0 Å². The lowest BCUT2D eigenvalue weighted by atomic mass is 10.2. The van der Waals surface area contributed by atoms with Crippen LogP contribution in [0.3, 0.4) is 0 Å². The predicted molar refractivity (Wildman–Crippen MR) is 76.9 cm³/mol. The highest BCUT2D eigenvalue weighted by atomic mass is 16.3. The Balaban J connectivity index is 1.56. The highest BCUT2D eigenvalue weighted by Gasteiger charge is 2.33. The van der Waals surface area contributed by atoms with Gasteiger partial charge in [-0.15, -0.1) is 0 Å². The first-order valence-electron chi connectivity index (χ1n) is 7.87. The molecule has 0 bridgehead atoms. The van der Waals surface area contributed by atoms with Crippen molar-refractivity contribution in [1.29, 1.82) is 0 Å². The molecule has 0 aromatic carbocycles. The van der Waals surface area contributed by atoms with Crippen molar-refractivity contribution in [2.24, 2.45) is 5.92 Å². The van der Waals surface area contributed by atoms with Crippen LogP contribution in [0.25, 0.3) is 0 Å². The fraction of sp³-hybridized carbons (Fsp3) is 0.750. The van der Waals surface area contributed by atoms with Crippen LogP contribution >= 0.6 is 0 Å². The summed E-state index contributed by atoms with van der Waals surface area (Å²) in [7, 11) is 0. The first-order valence-corrected chi connectivity index (χ1v) is 7.87. The molecule has 1 N–H and O–H groups in total. The molecule has 2 fully saturated rings. The minimum Gasteiger partial charge on any atom is -0.468 e. The number of hydrogen-bond donors (Lipinski definition) is 1. The van der Waals surface area contributed by atoms with Gasteiger partial charge in [-0.1, -0.05) is 6.92 Å². The zero-order valence-electron chi connectivity index (χ0n) is 12.0. The molecule has 106 valence electrons. The fourth-order valence-electron chi connectivity index (χ4n) is 2.67. The highest BCUT2D eigenvalue weighted by Crippen LogP contribution is 2.35. The molecule has 0 aliphatic heterocycles. The predicted octanol–water partition coefficient (Wildman–Crippen LogP) is 3.15. The van der Waals surface area contributed by atoms with Gasteiger partial charge < -0.3 is 9.73 Å². The van der Waals surface area contributed by atoms with E-state index in [0.717, 1.165) is 37.4 Å². The molecular weight excluding hydrogens is 236 g/mol. The summed E-state index contributed by atoms with van der Waals surface area (Å²) in [4.78, 5) is 2.69. The molecule has 3 heteroatoms. The standard InChI is InChI=1S/C16H26N2O/c1-2-8-17-10-16-14(7-9-19-16)12-18(15-5-6-15)11-13-3-4-13/h7,9,13,15,17H,2-6,8,10-12H2,1H3. The Morgan fingerprint density at radius 2 is 2.16 bits per heavy atom. The van der Waals surface area contributed by atoms with Crippen molar-refractivity contribution < 1.29 is 4.42 Å². The van der Waals surface area contributed by atoms with Gasteiger partial charge in [-0.05, 0) is 50.6 Å². The van der Waals surface area contributed by atoms with E-state index in [1.807, 2.05) is 6.26 Å². The minimum absolute atomic E-state index is 0.854. The Morgan fingerprint density at radius 1 is 1.32 bits per heavy atom. The Hall–Kier alpha value is -0.800. The second-order valence-electron chi connectivity index (χ2n) is 6.15. The summed E-state index contributed by atoms with van der Waals surface area (Å²) in [5.74, 6) is 2.11. The molecule has 0 amide bonds. The lowest BCUT2D eigenvalue weighted by Gasteiger charge is -2.21. The topological polar surface area (TPSA) is 28.4 Å². The Morgan fingerprint density at radius 3 is 2.84 bits per heavy atom. The molecule has 0 spiro atoms. The molecule has 1 aromatic heterocycles. The summed E-state index contributed by atoms with van der Waals surface area (Å²) in [5.41, 5.74) is 1.39. The van der Waals surface area contributed by atoms with Crippen LogP contribution < -0.4 is 5.32 Å². The summed E-state index contributed by atoms with van der Waals surface area (Å²) in [5, 5.41) is 3.44. The molecule has 3 rings (SSSR count). The molecule has 0 atom stereocenters. The quantitative estimate of drug-likeness (QED) is 0.693. The van der Waals surface area contributed by atoms with Gasteiger partial charge in [0.1, 0.15) is 5.76 Å². The van der Waals surface area contributed by atoms with Crippen LogP contribution in [0.15, 0.2) is 16.7 Å². The van der Waals surface area contributed by atoms with Gasteiger partial charge in [0.15, 0.2) is 0 Å². The van der Waals surface area contributed by atoms with E-state index in [1.54, 1.807) is 0 Å². The average Bonchev–Trinajstić information content (AvgIpc) is 3.30. The molecule has 2 aliphatic rings. The van der Waals surface area contributed by atoms with Gasteiger partial charge in [-0.2, -0.15) is 0 Å². The molecule has 2 saturated carbocycles. The molecule has 0 saturated heterocycles. The molecule has 2 aliphatic carbocycles. The van der Waals surface area contributed by atoms with Gasteiger partial charge in [0.05, 0.1) is 12.8 Å². The van der Waals surface area contributed by atoms with E-state index in [-0.39, 0.29) is 0 Å². The Kier molecular flexibility index (Phi) is 4.24. The first-order chi connectivity index (χ1) is 9.36. The second-order valence-corrected chi connectivity index (χ2v) is 6.15. The van der Waals surface area contributed by atoms with Crippen LogP contribution in [0.4, 0.5) is 0 Å². The molecule has 0 unspecified atom stereocenters. The number of rotatable bonds is 9. The smallest absolute Gasteiger partial charge is 0.122 e. The van der Waals surface area contributed by atoms with E-state index in [4.69, 9.17) is 4.42 Å². The third kappa shape index (κ3) is 3.83. The summed E-state index contributed by atoms with van der Waals surface area (Å²) in [6, 6.07) is 3.01. The van der Waals surface area contributed by atoms with Crippen molar-refractivity contribution in [3.63, 3.8) is 0 Å². The van der Waals surface area contributed by atoms with Gasteiger partial charge in [0.25, 0.3) is 0 Å². The van der Waals surface area contributed by atoms with Gasteiger partial charge in [0.2, 0.25) is 0 Å². The van der Waals surface area contributed by atoms with E-state index in [9.17, 15) is 0 Å².